The highest BCUT2D eigenvalue weighted by molar-refractivity contribution is 5.90. The lowest BCUT2D eigenvalue weighted by Gasteiger charge is -2.23. The van der Waals surface area contributed by atoms with Gasteiger partial charge in [0.05, 0.1) is 12.7 Å². The highest BCUT2D eigenvalue weighted by Gasteiger charge is 2.20. The van der Waals surface area contributed by atoms with Crippen LogP contribution in [0.1, 0.15) is 38.7 Å². The van der Waals surface area contributed by atoms with Crippen molar-refractivity contribution >= 4 is 11.7 Å². The molecule has 0 aromatic heterocycles. The average Bonchev–Trinajstić information content (AvgIpc) is 2.75. The number of nitrogens with one attached hydrogen (secondary N) is 1. The zero-order valence-electron chi connectivity index (χ0n) is 14.4. The SMILES string of the molecule is CCCCOc1ccc(NC(=O)N2CCCO[C@H](C)C2)c(C)c1. The summed E-state index contributed by atoms with van der Waals surface area (Å²) in [5, 5.41) is 3.00. The molecule has 1 aliphatic rings. The van der Waals surface area contributed by atoms with Crippen molar-refractivity contribution < 1.29 is 14.3 Å². The summed E-state index contributed by atoms with van der Waals surface area (Å²) in [5.41, 5.74) is 1.84. The maximum atomic E-state index is 12.4. The fraction of sp³-hybridized carbons (Fsp3) is 0.611. The molecule has 0 aliphatic carbocycles. The Hall–Kier alpha value is -1.75. The molecule has 1 fully saturated rings. The molecule has 128 valence electrons. The van der Waals surface area contributed by atoms with Crippen molar-refractivity contribution in [2.24, 2.45) is 0 Å². The molecule has 1 N–H and O–H groups in total. The van der Waals surface area contributed by atoms with Gasteiger partial charge in [0.15, 0.2) is 0 Å². The van der Waals surface area contributed by atoms with E-state index in [-0.39, 0.29) is 12.1 Å². The minimum absolute atomic E-state index is 0.0647. The number of anilines is 1. The Morgan fingerprint density at radius 3 is 3.04 bits per heavy atom. The monoisotopic (exact) mass is 320 g/mol. The van der Waals surface area contributed by atoms with Crippen molar-refractivity contribution in [2.45, 2.75) is 46.1 Å². The van der Waals surface area contributed by atoms with Crippen molar-refractivity contribution in [3.8, 4) is 5.75 Å². The van der Waals surface area contributed by atoms with E-state index in [2.05, 4.69) is 12.2 Å². The number of hydrogen-bond donors (Lipinski definition) is 1. The lowest BCUT2D eigenvalue weighted by atomic mass is 10.2. The highest BCUT2D eigenvalue weighted by Crippen LogP contribution is 2.22. The minimum atomic E-state index is -0.0647. The van der Waals surface area contributed by atoms with Crippen LogP contribution in [0.15, 0.2) is 18.2 Å². The number of urea groups is 1. The molecule has 23 heavy (non-hydrogen) atoms. The van der Waals surface area contributed by atoms with Gasteiger partial charge in [-0.25, -0.2) is 4.79 Å². The highest BCUT2D eigenvalue weighted by atomic mass is 16.5. The number of hydrogen-bond acceptors (Lipinski definition) is 3. The van der Waals surface area contributed by atoms with E-state index in [9.17, 15) is 4.79 Å². The summed E-state index contributed by atoms with van der Waals surface area (Å²) in [6.45, 7) is 8.93. The second-order valence-electron chi connectivity index (χ2n) is 6.09. The molecule has 0 saturated carbocycles. The zero-order valence-corrected chi connectivity index (χ0v) is 14.4. The van der Waals surface area contributed by atoms with Crippen LogP contribution < -0.4 is 10.1 Å². The van der Waals surface area contributed by atoms with Crippen LogP contribution in [0.3, 0.4) is 0 Å². The van der Waals surface area contributed by atoms with Crippen LogP contribution in [0.25, 0.3) is 0 Å². The molecule has 1 aliphatic heterocycles. The second kappa shape index (κ2) is 8.77. The summed E-state index contributed by atoms with van der Waals surface area (Å²) in [7, 11) is 0. The van der Waals surface area contributed by atoms with Gasteiger partial charge in [0.25, 0.3) is 0 Å². The third-order valence-electron chi connectivity index (χ3n) is 3.95. The molecule has 0 unspecified atom stereocenters. The lowest BCUT2D eigenvalue weighted by Crippen LogP contribution is -2.39. The first-order valence-electron chi connectivity index (χ1n) is 8.51. The van der Waals surface area contributed by atoms with Crippen molar-refractivity contribution in [3.05, 3.63) is 23.8 Å². The van der Waals surface area contributed by atoms with E-state index in [1.165, 1.54) is 0 Å². The first-order chi connectivity index (χ1) is 11.1. The number of benzene rings is 1. The molecular weight excluding hydrogens is 292 g/mol. The predicted molar refractivity (Wildman–Crippen MR) is 92.2 cm³/mol. The maximum absolute atomic E-state index is 12.4. The van der Waals surface area contributed by atoms with E-state index in [1.54, 1.807) is 0 Å². The van der Waals surface area contributed by atoms with Gasteiger partial charge in [-0.3, -0.25) is 0 Å². The summed E-state index contributed by atoms with van der Waals surface area (Å²) < 4.78 is 11.3. The van der Waals surface area contributed by atoms with Crippen molar-refractivity contribution in [1.29, 1.82) is 0 Å². The molecule has 1 saturated heterocycles. The molecule has 1 atom stereocenters. The van der Waals surface area contributed by atoms with Crippen LogP contribution in [0.4, 0.5) is 10.5 Å². The van der Waals surface area contributed by atoms with Crippen molar-refractivity contribution in [1.82, 2.24) is 4.90 Å². The van der Waals surface area contributed by atoms with Gasteiger partial charge in [-0.1, -0.05) is 13.3 Å². The molecule has 0 spiro atoms. The van der Waals surface area contributed by atoms with Crippen LogP contribution in [0.2, 0.25) is 0 Å². The summed E-state index contributed by atoms with van der Waals surface area (Å²) in [4.78, 5) is 14.3. The molecule has 2 amide bonds. The zero-order chi connectivity index (χ0) is 16.7. The Morgan fingerprint density at radius 2 is 2.30 bits per heavy atom. The van der Waals surface area contributed by atoms with Gasteiger partial charge in [-0.15, -0.1) is 0 Å². The number of nitrogens with zero attached hydrogens (tertiary/aromatic N) is 1. The van der Waals surface area contributed by atoms with E-state index in [0.717, 1.165) is 49.4 Å². The summed E-state index contributed by atoms with van der Waals surface area (Å²) in [5.74, 6) is 0.853. The molecule has 0 radical (unpaired) electrons. The second-order valence-corrected chi connectivity index (χ2v) is 6.09. The molecule has 1 aromatic rings. The van der Waals surface area contributed by atoms with E-state index < -0.39 is 0 Å². The van der Waals surface area contributed by atoms with Gasteiger partial charge < -0.3 is 19.7 Å². The summed E-state index contributed by atoms with van der Waals surface area (Å²) in [6, 6.07) is 5.73. The first-order valence-corrected chi connectivity index (χ1v) is 8.51. The fourth-order valence-electron chi connectivity index (χ4n) is 2.57. The topological polar surface area (TPSA) is 50.8 Å². The number of carbonyl (C=O) groups excluding carboxylic acids is 1. The molecular formula is C18H28N2O3. The number of rotatable bonds is 5. The normalized spacial score (nSPS) is 18.4. The Bertz CT molecular complexity index is 519. The number of amides is 2. The van der Waals surface area contributed by atoms with E-state index >= 15 is 0 Å². The third kappa shape index (κ3) is 5.43. The van der Waals surface area contributed by atoms with Gasteiger partial charge in [0, 0.05) is 25.4 Å². The van der Waals surface area contributed by atoms with Crippen molar-refractivity contribution in [3.63, 3.8) is 0 Å². The van der Waals surface area contributed by atoms with E-state index in [4.69, 9.17) is 9.47 Å². The van der Waals surface area contributed by atoms with Crippen LogP contribution in [0.5, 0.6) is 5.75 Å². The Labute approximate surface area is 139 Å². The lowest BCUT2D eigenvalue weighted by molar-refractivity contribution is 0.0718. The summed E-state index contributed by atoms with van der Waals surface area (Å²) >= 11 is 0. The maximum Gasteiger partial charge on any atom is 0.321 e. The van der Waals surface area contributed by atoms with Crippen LogP contribution >= 0.6 is 0 Å². The Balaban J connectivity index is 1.94. The van der Waals surface area contributed by atoms with Crippen LogP contribution in [-0.2, 0) is 4.74 Å². The van der Waals surface area contributed by atoms with Gasteiger partial charge in [0.2, 0.25) is 0 Å². The fourth-order valence-corrected chi connectivity index (χ4v) is 2.57. The number of carbonyl (C=O) groups is 1. The van der Waals surface area contributed by atoms with E-state index in [0.29, 0.717) is 13.2 Å². The Kier molecular flexibility index (Phi) is 6.71. The molecule has 5 nitrogen and oxygen atoms in total. The van der Waals surface area contributed by atoms with Gasteiger partial charge in [0.1, 0.15) is 5.75 Å². The minimum Gasteiger partial charge on any atom is -0.494 e. The number of unbranched alkanes of at least 4 members (excludes halogenated alkanes) is 1. The van der Waals surface area contributed by atoms with Gasteiger partial charge in [-0.05, 0) is 50.5 Å². The van der Waals surface area contributed by atoms with Crippen LogP contribution in [0, 0.1) is 6.92 Å². The molecule has 1 heterocycles. The Morgan fingerprint density at radius 1 is 1.48 bits per heavy atom. The third-order valence-corrected chi connectivity index (χ3v) is 3.95. The molecule has 5 heteroatoms. The largest absolute Gasteiger partial charge is 0.494 e. The average molecular weight is 320 g/mol. The van der Waals surface area contributed by atoms with Crippen LogP contribution in [-0.4, -0.2) is 43.3 Å². The van der Waals surface area contributed by atoms with Crippen molar-refractivity contribution in [2.75, 3.05) is 31.6 Å². The molecule has 1 aromatic carbocycles. The number of aryl methyl sites for hydroxylation is 1. The smallest absolute Gasteiger partial charge is 0.321 e. The predicted octanol–water partition coefficient (Wildman–Crippen LogP) is 3.82. The summed E-state index contributed by atoms with van der Waals surface area (Å²) in [6.07, 6.45) is 3.12. The standard InChI is InChI=1S/C18H28N2O3/c1-4-5-10-23-16-7-8-17(14(2)12-16)19-18(21)20-9-6-11-22-15(3)13-20/h7-8,12,15H,4-6,9-11,13H2,1-3H3,(H,19,21)/t15-/m1/s1. The van der Waals surface area contributed by atoms with E-state index in [1.807, 2.05) is 36.9 Å². The van der Waals surface area contributed by atoms with Gasteiger partial charge >= 0.3 is 6.03 Å². The first kappa shape index (κ1) is 17.6. The molecule has 2 rings (SSSR count). The van der Waals surface area contributed by atoms with Gasteiger partial charge in [-0.2, -0.15) is 0 Å². The number of ether oxygens (including phenoxy) is 2. The quantitative estimate of drug-likeness (QED) is 0.839. The molecule has 0 bridgehead atoms.